The van der Waals surface area contributed by atoms with Crippen LogP contribution < -0.4 is 0 Å². The van der Waals surface area contributed by atoms with Crippen LogP contribution >= 0.6 is 22.6 Å². The molecule has 1 fully saturated rings. The van der Waals surface area contributed by atoms with Gasteiger partial charge in [-0.05, 0) is 57.0 Å². The van der Waals surface area contributed by atoms with E-state index in [1.807, 2.05) is 66.5 Å². The van der Waals surface area contributed by atoms with Crippen LogP contribution in [0.5, 0.6) is 0 Å². The largest absolute Gasteiger partial charge is 0.466 e. The Morgan fingerprint density at radius 1 is 1.04 bits per heavy atom. The summed E-state index contributed by atoms with van der Waals surface area (Å²) < 4.78 is 36.3. The lowest BCUT2D eigenvalue weighted by atomic mass is 9.94. The number of benzene rings is 1. The molecule has 0 radical (unpaired) electrons. The van der Waals surface area contributed by atoms with Gasteiger partial charge in [0.2, 0.25) is 0 Å². The van der Waals surface area contributed by atoms with E-state index in [1.54, 1.807) is 14.0 Å². The summed E-state index contributed by atoms with van der Waals surface area (Å²) in [6, 6.07) is 10.0. The third kappa shape index (κ3) is 17.5. The predicted molar refractivity (Wildman–Crippen MR) is 220 cm³/mol. The van der Waals surface area contributed by atoms with Gasteiger partial charge in [-0.15, -0.1) is 0 Å². The van der Waals surface area contributed by atoms with Crippen molar-refractivity contribution in [2.24, 2.45) is 11.8 Å². The molecule has 6 atom stereocenters. The van der Waals surface area contributed by atoms with Crippen molar-refractivity contribution in [1.82, 2.24) is 0 Å². The van der Waals surface area contributed by atoms with Gasteiger partial charge in [0.1, 0.15) is 6.79 Å². The highest BCUT2D eigenvalue weighted by Gasteiger charge is 2.31. The smallest absolute Gasteiger partial charge is 0.336 e. The monoisotopic (exact) mass is 848 g/mol. The molecule has 1 aliphatic rings. The Bertz CT molecular complexity index is 1410. The van der Waals surface area contributed by atoms with Crippen molar-refractivity contribution in [2.75, 3.05) is 27.6 Å². The molecule has 8 nitrogen and oxygen atoms in total. The zero-order chi connectivity index (χ0) is 38.5. The standard InChI is InChI=1S/C42H61IO8Si/c1-31(17-16-28-52(7,8)9)24-25-38-36(29-48-42(51-38)35-20-11-10-12-21-35)22-15-18-33(3)40(44)50-34(4)19-13-14-23-37(41(45)47-6)39(49-30-46-5)32(2)26-27-43/h10-12,16-18,20-21,23-28,32,34,36,38-39,42H,13-15,19,22,29-30H2,1-9H3/b25-24+,27-26+,28-16+,31-17+,33-18-,37-23-/t32-,34+,36+,38-,39+,42+/m0/s1. The minimum absolute atomic E-state index is 0.0567. The molecular formula is C42H61IO8Si. The minimum Gasteiger partial charge on any atom is -0.466 e. The maximum atomic E-state index is 13.0. The van der Waals surface area contributed by atoms with Crippen LogP contribution in [0, 0.1) is 11.8 Å². The van der Waals surface area contributed by atoms with Gasteiger partial charge in [0, 0.05) is 30.1 Å². The molecule has 0 unspecified atom stereocenters. The second-order valence-corrected chi connectivity index (χ2v) is 20.1. The van der Waals surface area contributed by atoms with Gasteiger partial charge >= 0.3 is 11.9 Å². The van der Waals surface area contributed by atoms with Crippen LogP contribution in [0.2, 0.25) is 19.6 Å². The molecule has 0 amide bonds. The molecule has 1 aliphatic heterocycles. The number of hydrogen-bond acceptors (Lipinski definition) is 8. The second-order valence-electron chi connectivity index (χ2n) is 14.4. The van der Waals surface area contributed by atoms with Crippen molar-refractivity contribution in [3.63, 3.8) is 0 Å². The Balaban J connectivity index is 1.99. The number of carbonyl (C=O) groups is 2. The summed E-state index contributed by atoms with van der Waals surface area (Å²) in [5.74, 6) is -0.692. The van der Waals surface area contributed by atoms with Crippen molar-refractivity contribution in [3.8, 4) is 0 Å². The van der Waals surface area contributed by atoms with Gasteiger partial charge in [-0.2, -0.15) is 0 Å². The van der Waals surface area contributed by atoms with Crippen molar-refractivity contribution < 1.29 is 38.0 Å². The molecule has 1 aromatic rings. The molecule has 1 aromatic carbocycles. The molecule has 10 heteroatoms. The molecule has 0 saturated carbocycles. The molecular weight excluding hydrogens is 787 g/mol. The van der Waals surface area contributed by atoms with Crippen LogP contribution in [-0.4, -0.2) is 65.9 Å². The molecule has 0 N–H and O–H groups in total. The Morgan fingerprint density at radius 3 is 2.42 bits per heavy atom. The number of methoxy groups -OCH3 is 2. The van der Waals surface area contributed by atoms with Gasteiger partial charge in [0.25, 0.3) is 0 Å². The zero-order valence-corrected chi connectivity index (χ0v) is 35.8. The van der Waals surface area contributed by atoms with E-state index in [9.17, 15) is 9.59 Å². The lowest BCUT2D eigenvalue weighted by Gasteiger charge is -2.35. The molecule has 0 bridgehead atoms. The van der Waals surface area contributed by atoms with Gasteiger partial charge in [0.05, 0.1) is 45.7 Å². The topological polar surface area (TPSA) is 89.5 Å². The molecule has 1 saturated heterocycles. The number of halogens is 1. The fourth-order valence-corrected chi connectivity index (χ4v) is 6.86. The van der Waals surface area contributed by atoms with E-state index in [4.69, 9.17) is 28.4 Å². The minimum atomic E-state index is -1.26. The van der Waals surface area contributed by atoms with Crippen LogP contribution in [-0.2, 0) is 38.0 Å². The number of unbranched alkanes of at least 4 members (excludes halogenated alkanes) is 1. The first-order valence-corrected chi connectivity index (χ1v) is 23.0. The fourth-order valence-electron chi connectivity index (χ4n) is 5.53. The van der Waals surface area contributed by atoms with Crippen molar-refractivity contribution in [2.45, 2.75) is 104 Å². The summed E-state index contributed by atoms with van der Waals surface area (Å²) in [6.07, 6.45) is 16.5. The first-order chi connectivity index (χ1) is 24.8. The highest BCUT2D eigenvalue weighted by Crippen LogP contribution is 2.32. The maximum absolute atomic E-state index is 13.0. The van der Waals surface area contributed by atoms with E-state index < -0.39 is 26.4 Å². The third-order valence-electron chi connectivity index (χ3n) is 8.53. The molecule has 0 spiro atoms. The van der Waals surface area contributed by atoms with Crippen LogP contribution in [0.4, 0.5) is 0 Å². The summed E-state index contributed by atoms with van der Waals surface area (Å²) >= 11 is 2.15. The van der Waals surface area contributed by atoms with Gasteiger partial charge < -0.3 is 28.4 Å². The fraction of sp³-hybridized carbons (Fsp3) is 0.524. The summed E-state index contributed by atoms with van der Waals surface area (Å²) in [6.45, 7) is 15.3. The number of hydrogen-bond donors (Lipinski definition) is 0. The second kappa shape index (κ2) is 24.7. The Morgan fingerprint density at radius 2 is 1.77 bits per heavy atom. The average molecular weight is 849 g/mol. The molecule has 0 aliphatic carbocycles. The molecule has 52 heavy (non-hydrogen) atoms. The Hall–Kier alpha value is -2.61. The number of esters is 2. The Kier molecular flexibility index (Phi) is 21.6. The molecule has 0 aromatic heterocycles. The summed E-state index contributed by atoms with van der Waals surface area (Å²) in [7, 11) is 1.64. The summed E-state index contributed by atoms with van der Waals surface area (Å²) in [4.78, 5) is 25.6. The highest BCUT2D eigenvalue weighted by molar-refractivity contribution is 14.1. The van der Waals surface area contributed by atoms with E-state index in [0.717, 1.165) is 24.0 Å². The number of ether oxygens (including phenoxy) is 6. The third-order valence-corrected chi connectivity index (χ3v) is 10.1. The lowest BCUT2D eigenvalue weighted by Crippen LogP contribution is -2.35. The average Bonchev–Trinajstić information content (AvgIpc) is 3.11. The first-order valence-electron chi connectivity index (χ1n) is 18.2. The Labute approximate surface area is 327 Å². The van der Waals surface area contributed by atoms with Crippen molar-refractivity contribution in [1.29, 1.82) is 0 Å². The van der Waals surface area contributed by atoms with Crippen molar-refractivity contribution in [3.05, 3.63) is 105 Å². The number of allylic oxidation sites excluding steroid dienone is 6. The number of rotatable bonds is 21. The maximum Gasteiger partial charge on any atom is 0.336 e. The zero-order valence-electron chi connectivity index (χ0n) is 32.6. The van der Waals surface area contributed by atoms with Crippen LogP contribution in [0.1, 0.15) is 71.7 Å². The highest BCUT2D eigenvalue weighted by atomic mass is 127. The van der Waals surface area contributed by atoms with E-state index >= 15 is 0 Å². The molecule has 1 heterocycles. The van der Waals surface area contributed by atoms with E-state index in [1.165, 1.54) is 7.11 Å². The van der Waals surface area contributed by atoms with Gasteiger partial charge in [-0.3, -0.25) is 0 Å². The van der Waals surface area contributed by atoms with Gasteiger partial charge in [-0.1, -0.05) is 133 Å². The number of carbonyl (C=O) groups excluding carboxylic acids is 2. The summed E-state index contributed by atoms with van der Waals surface area (Å²) in [5.41, 5.74) is 5.51. The van der Waals surface area contributed by atoms with Crippen LogP contribution in [0.25, 0.3) is 0 Å². The SMILES string of the molecule is COCO[C@@H](/C(=C/CCC[C@@H](C)OC(=O)/C(C)=C\CC[C@@H]1CO[C@@H](c2ccccc2)O[C@H]1/C=C/C(C)=C/C=C/[Si](C)(C)C)C(=O)OC)[C@@H](C)/C=C/I. The molecule has 2 rings (SSSR count). The quantitative estimate of drug-likeness (QED) is 0.0230. The van der Waals surface area contributed by atoms with Gasteiger partial charge in [-0.25, -0.2) is 9.59 Å². The van der Waals surface area contributed by atoms with Crippen LogP contribution in [0.3, 0.4) is 0 Å². The van der Waals surface area contributed by atoms with Crippen molar-refractivity contribution >= 4 is 42.6 Å². The van der Waals surface area contributed by atoms with E-state index in [0.29, 0.717) is 37.0 Å². The lowest BCUT2D eigenvalue weighted by molar-refractivity contribution is -0.229. The van der Waals surface area contributed by atoms with E-state index in [-0.39, 0.29) is 36.8 Å². The first kappa shape index (κ1) is 45.5. The van der Waals surface area contributed by atoms with Gasteiger partial charge in [0.15, 0.2) is 6.29 Å². The normalized spacial score (nSPS) is 21.1. The van der Waals surface area contributed by atoms with E-state index in [2.05, 4.69) is 79.2 Å². The predicted octanol–water partition coefficient (Wildman–Crippen LogP) is 10.2. The van der Waals surface area contributed by atoms with Crippen LogP contribution in [0.15, 0.2) is 99.4 Å². The summed E-state index contributed by atoms with van der Waals surface area (Å²) in [5, 5.41) is 0. The molecule has 288 valence electrons.